The van der Waals surface area contributed by atoms with Gasteiger partial charge in [-0.15, -0.1) is 0 Å². The molecule has 0 aromatic carbocycles. The fraction of sp³-hybridized carbons (Fsp3) is 0.929. The average Bonchev–Trinajstić information content (AvgIpc) is 2.49. The number of hydrogen-bond acceptors (Lipinski definition) is 4. The van der Waals surface area contributed by atoms with Gasteiger partial charge in [0.1, 0.15) is 5.60 Å². The van der Waals surface area contributed by atoms with Crippen molar-refractivity contribution in [1.29, 1.82) is 0 Å². The van der Waals surface area contributed by atoms with Gasteiger partial charge in [0.15, 0.2) is 9.84 Å². The Morgan fingerprint density at radius 1 is 1.20 bits per heavy atom. The van der Waals surface area contributed by atoms with Crippen molar-refractivity contribution < 1.29 is 17.9 Å². The zero-order chi connectivity index (χ0) is 15.0. The van der Waals surface area contributed by atoms with Gasteiger partial charge < -0.3 is 10.1 Å². The molecule has 20 heavy (non-hydrogen) atoms. The van der Waals surface area contributed by atoms with E-state index in [0.29, 0.717) is 12.5 Å². The van der Waals surface area contributed by atoms with E-state index in [-0.39, 0.29) is 10.5 Å². The van der Waals surface area contributed by atoms with Gasteiger partial charge in [-0.05, 0) is 58.8 Å². The summed E-state index contributed by atoms with van der Waals surface area (Å²) in [5.41, 5.74) is -0.484. The minimum absolute atomic E-state index is 0.132. The van der Waals surface area contributed by atoms with Crippen molar-refractivity contribution in [2.75, 3.05) is 6.54 Å². The van der Waals surface area contributed by atoms with Gasteiger partial charge in [-0.1, -0.05) is 0 Å². The third-order valence-electron chi connectivity index (χ3n) is 4.15. The van der Waals surface area contributed by atoms with E-state index in [4.69, 9.17) is 4.74 Å². The Labute approximate surface area is 121 Å². The quantitative estimate of drug-likeness (QED) is 0.868. The smallest absolute Gasteiger partial charge is 0.407 e. The molecule has 5 nitrogen and oxygen atoms in total. The molecular formula is C14H25NO4S. The molecule has 0 aromatic rings. The lowest BCUT2D eigenvalue weighted by atomic mass is 9.96. The van der Waals surface area contributed by atoms with Gasteiger partial charge in [0.05, 0.1) is 10.5 Å². The second kappa shape index (κ2) is 5.54. The van der Waals surface area contributed by atoms with E-state index in [1.165, 1.54) is 0 Å². The standard InChI is InChI=1S/C14H25NO4S/c1-14(2,3)19-13(16)15-7-6-10-8-11-4-5-12(9-10)20(11,17)18/h10-12H,4-9H2,1-3H3,(H,15,16). The third-order valence-corrected chi connectivity index (χ3v) is 6.87. The summed E-state index contributed by atoms with van der Waals surface area (Å²) in [4.78, 5) is 11.5. The van der Waals surface area contributed by atoms with Crippen molar-refractivity contribution in [2.45, 2.75) is 69.0 Å². The number of alkyl carbamates (subject to hydrolysis) is 1. The van der Waals surface area contributed by atoms with E-state index >= 15 is 0 Å². The van der Waals surface area contributed by atoms with Gasteiger partial charge in [0, 0.05) is 6.54 Å². The Bertz CT molecular complexity index is 446. The van der Waals surface area contributed by atoms with Gasteiger partial charge in [-0.25, -0.2) is 13.2 Å². The fourth-order valence-corrected chi connectivity index (χ4v) is 5.80. The van der Waals surface area contributed by atoms with Gasteiger partial charge in [0.2, 0.25) is 0 Å². The van der Waals surface area contributed by atoms with Crippen LogP contribution < -0.4 is 5.32 Å². The second-order valence-corrected chi connectivity index (χ2v) is 9.48. The molecular weight excluding hydrogens is 278 g/mol. The maximum Gasteiger partial charge on any atom is 0.407 e. The lowest BCUT2D eigenvalue weighted by molar-refractivity contribution is 0.0524. The van der Waals surface area contributed by atoms with Crippen LogP contribution in [-0.2, 0) is 14.6 Å². The number of fused-ring (bicyclic) bond motifs is 2. The molecule has 116 valence electrons. The number of carbonyl (C=O) groups is 1. The van der Waals surface area contributed by atoms with Gasteiger partial charge in [-0.3, -0.25) is 0 Å². The minimum Gasteiger partial charge on any atom is -0.444 e. The topological polar surface area (TPSA) is 72.5 Å². The monoisotopic (exact) mass is 303 g/mol. The first kappa shape index (κ1) is 15.6. The lowest BCUT2D eigenvalue weighted by Gasteiger charge is -2.28. The first-order chi connectivity index (χ1) is 9.18. The molecule has 2 fully saturated rings. The van der Waals surface area contributed by atoms with Gasteiger partial charge in [-0.2, -0.15) is 0 Å². The summed E-state index contributed by atoms with van der Waals surface area (Å²) in [6.45, 7) is 6.04. The van der Waals surface area contributed by atoms with E-state index in [1.807, 2.05) is 20.8 Å². The van der Waals surface area contributed by atoms with Crippen LogP contribution in [-0.4, -0.2) is 37.2 Å². The fourth-order valence-electron chi connectivity index (χ4n) is 3.24. The molecule has 0 spiro atoms. The minimum atomic E-state index is -2.84. The van der Waals surface area contributed by atoms with Crippen LogP contribution in [0.15, 0.2) is 0 Å². The van der Waals surface area contributed by atoms with E-state index in [9.17, 15) is 13.2 Å². The van der Waals surface area contributed by atoms with Crippen LogP contribution in [0.3, 0.4) is 0 Å². The second-order valence-electron chi connectivity index (χ2n) is 6.97. The van der Waals surface area contributed by atoms with Crippen molar-refractivity contribution in [3.63, 3.8) is 0 Å². The highest BCUT2D eigenvalue weighted by Gasteiger charge is 2.46. The summed E-state index contributed by atoms with van der Waals surface area (Å²) in [5.74, 6) is 0.408. The molecule has 2 atom stereocenters. The molecule has 1 amide bonds. The number of rotatable bonds is 3. The molecule has 2 saturated heterocycles. The lowest BCUT2D eigenvalue weighted by Crippen LogP contribution is -2.36. The van der Waals surface area contributed by atoms with Crippen LogP contribution >= 0.6 is 0 Å². The van der Waals surface area contributed by atoms with Crippen molar-refractivity contribution in [3.8, 4) is 0 Å². The molecule has 0 aliphatic carbocycles. The van der Waals surface area contributed by atoms with Crippen molar-refractivity contribution in [2.24, 2.45) is 5.92 Å². The van der Waals surface area contributed by atoms with Crippen LogP contribution in [0.5, 0.6) is 0 Å². The Morgan fingerprint density at radius 2 is 1.75 bits per heavy atom. The maximum absolute atomic E-state index is 12.0. The predicted octanol–water partition coefficient (Wildman–Crippen LogP) is 2.26. The number of sulfone groups is 1. The van der Waals surface area contributed by atoms with Gasteiger partial charge >= 0.3 is 6.09 Å². The Hall–Kier alpha value is -0.780. The van der Waals surface area contributed by atoms with E-state index < -0.39 is 21.5 Å². The molecule has 2 heterocycles. The summed E-state index contributed by atoms with van der Waals surface area (Å²) in [6, 6.07) is 0. The van der Waals surface area contributed by atoms with Crippen LogP contribution in [0.1, 0.15) is 52.9 Å². The largest absolute Gasteiger partial charge is 0.444 e. The van der Waals surface area contributed by atoms with Crippen LogP contribution in [0.2, 0.25) is 0 Å². The maximum atomic E-state index is 12.0. The molecule has 2 bridgehead atoms. The highest BCUT2D eigenvalue weighted by atomic mass is 32.2. The molecule has 6 heteroatoms. The Morgan fingerprint density at radius 3 is 2.25 bits per heavy atom. The van der Waals surface area contributed by atoms with E-state index in [0.717, 1.165) is 32.1 Å². The number of hydrogen-bond donors (Lipinski definition) is 1. The summed E-state index contributed by atoms with van der Waals surface area (Å²) >= 11 is 0. The molecule has 0 saturated carbocycles. The molecule has 0 radical (unpaired) electrons. The van der Waals surface area contributed by atoms with Crippen molar-refractivity contribution in [1.82, 2.24) is 5.32 Å². The molecule has 2 aliphatic rings. The number of amides is 1. The van der Waals surface area contributed by atoms with Crippen LogP contribution in [0, 0.1) is 5.92 Å². The number of carbonyl (C=O) groups excluding carboxylic acids is 1. The summed E-state index contributed by atoms with van der Waals surface area (Å²) in [5, 5.41) is 2.48. The first-order valence-corrected chi connectivity index (χ1v) is 8.99. The molecule has 2 aliphatic heterocycles. The molecule has 2 rings (SSSR count). The molecule has 1 N–H and O–H groups in total. The SMILES string of the molecule is CC(C)(C)OC(=O)NCCC1CC2CCC(C1)S2(=O)=O. The Kier molecular flexibility index (Phi) is 4.33. The normalized spacial score (nSPS) is 31.9. The Balaban J connectivity index is 1.73. The van der Waals surface area contributed by atoms with Crippen LogP contribution in [0.4, 0.5) is 4.79 Å². The summed E-state index contributed by atoms with van der Waals surface area (Å²) < 4.78 is 29.1. The van der Waals surface area contributed by atoms with E-state index in [2.05, 4.69) is 5.32 Å². The van der Waals surface area contributed by atoms with Crippen LogP contribution in [0.25, 0.3) is 0 Å². The average molecular weight is 303 g/mol. The third kappa shape index (κ3) is 3.65. The zero-order valence-corrected chi connectivity index (χ0v) is 13.3. The molecule has 2 unspecified atom stereocenters. The highest BCUT2D eigenvalue weighted by Crippen LogP contribution is 2.42. The summed E-state index contributed by atoms with van der Waals surface area (Å²) in [7, 11) is -2.84. The van der Waals surface area contributed by atoms with E-state index in [1.54, 1.807) is 0 Å². The first-order valence-electron chi connectivity index (χ1n) is 7.38. The predicted molar refractivity (Wildman–Crippen MR) is 77.3 cm³/mol. The summed E-state index contributed by atoms with van der Waals surface area (Å²) in [6.07, 6.45) is 3.60. The number of ether oxygens (including phenoxy) is 1. The number of nitrogens with one attached hydrogen (secondary N) is 1. The molecule has 0 aromatic heterocycles. The highest BCUT2D eigenvalue weighted by molar-refractivity contribution is 7.93. The van der Waals surface area contributed by atoms with Gasteiger partial charge in [0.25, 0.3) is 0 Å². The zero-order valence-electron chi connectivity index (χ0n) is 12.5. The van der Waals surface area contributed by atoms with Crippen molar-refractivity contribution in [3.05, 3.63) is 0 Å². The van der Waals surface area contributed by atoms with Crippen molar-refractivity contribution >= 4 is 15.9 Å².